The number of nitrogens with one attached hydrogen (secondary N) is 1. The molecule has 0 bridgehead atoms. The van der Waals surface area contributed by atoms with E-state index in [1.54, 1.807) is 15.4 Å². The maximum Gasteiger partial charge on any atom is 0.226 e. The summed E-state index contributed by atoms with van der Waals surface area (Å²) in [5.74, 6) is 1.18. The second kappa shape index (κ2) is 6.64. The molecule has 0 radical (unpaired) electrons. The van der Waals surface area contributed by atoms with E-state index in [0.717, 1.165) is 11.4 Å². The second-order valence-corrected chi connectivity index (χ2v) is 6.70. The molecule has 0 aromatic carbocycles. The van der Waals surface area contributed by atoms with Gasteiger partial charge in [-0.2, -0.15) is 9.61 Å². The summed E-state index contributed by atoms with van der Waals surface area (Å²) in [5.41, 5.74) is 2.55. The van der Waals surface area contributed by atoms with Gasteiger partial charge >= 0.3 is 0 Å². The summed E-state index contributed by atoms with van der Waals surface area (Å²) in [5, 5.41) is 22.5. The van der Waals surface area contributed by atoms with Crippen LogP contribution in [-0.2, 0) is 11.2 Å². The number of thiazole rings is 1. The highest BCUT2D eigenvalue weighted by atomic mass is 32.1. The van der Waals surface area contributed by atoms with Crippen LogP contribution in [-0.4, -0.2) is 40.5 Å². The topological polar surface area (TPSA) is 103 Å². The number of carbonyl (C=O) groups is 1. The van der Waals surface area contributed by atoms with E-state index in [4.69, 9.17) is 0 Å². The fraction of sp³-hybridized carbons (Fsp3) is 0.250. The van der Waals surface area contributed by atoms with Gasteiger partial charge in [0.05, 0.1) is 5.69 Å². The van der Waals surface area contributed by atoms with Crippen molar-refractivity contribution in [2.24, 2.45) is 0 Å². The summed E-state index contributed by atoms with van der Waals surface area (Å²) in [6.45, 7) is 3.91. The Labute approximate surface area is 152 Å². The number of aromatic nitrogens is 7. The van der Waals surface area contributed by atoms with E-state index in [-0.39, 0.29) is 12.3 Å². The minimum atomic E-state index is -0.119. The molecule has 4 aromatic heterocycles. The van der Waals surface area contributed by atoms with Crippen LogP contribution in [0.15, 0.2) is 29.8 Å². The van der Waals surface area contributed by atoms with Gasteiger partial charge in [0.15, 0.2) is 22.4 Å². The van der Waals surface area contributed by atoms with Crippen LogP contribution in [0.25, 0.3) is 11.5 Å². The average Bonchev–Trinajstić information content (AvgIpc) is 3.33. The van der Waals surface area contributed by atoms with Crippen molar-refractivity contribution in [2.75, 3.05) is 5.32 Å². The molecule has 0 spiro atoms. The number of aryl methyl sites for hydroxylation is 3. The van der Waals surface area contributed by atoms with Crippen molar-refractivity contribution in [3.8, 4) is 5.82 Å². The molecular formula is C16H16N8OS. The van der Waals surface area contributed by atoms with E-state index < -0.39 is 0 Å². The standard InChI is InChI=1S/C16H16N8OS/c1-10-9-11(2)23(21-10)14-4-3-12-19-20-13(24(12)22-14)5-6-15(25)18-16-17-7-8-26-16/h3-4,7-9H,5-6H2,1-2H3,(H,17,18,25). The molecule has 0 unspecified atom stereocenters. The molecule has 4 rings (SSSR count). The molecule has 0 aliphatic heterocycles. The normalized spacial score (nSPS) is 11.2. The SMILES string of the molecule is Cc1cc(C)n(-c2ccc3nnc(CCC(=O)Nc4nccs4)n3n2)n1. The molecule has 0 aliphatic carbocycles. The Morgan fingerprint density at radius 2 is 2.12 bits per heavy atom. The zero-order valence-electron chi connectivity index (χ0n) is 14.2. The number of hydrogen-bond donors (Lipinski definition) is 1. The van der Waals surface area contributed by atoms with Crippen molar-refractivity contribution in [2.45, 2.75) is 26.7 Å². The van der Waals surface area contributed by atoms with E-state index in [1.807, 2.05) is 37.4 Å². The third-order valence-electron chi connectivity index (χ3n) is 3.79. The Balaban J connectivity index is 1.55. The van der Waals surface area contributed by atoms with Crippen LogP contribution in [0.4, 0.5) is 5.13 Å². The van der Waals surface area contributed by atoms with Crippen molar-refractivity contribution >= 4 is 28.0 Å². The molecule has 10 heteroatoms. The van der Waals surface area contributed by atoms with Crippen molar-refractivity contribution < 1.29 is 4.79 Å². The summed E-state index contributed by atoms with van der Waals surface area (Å²) in [6.07, 6.45) is 2.34. The fourth-order valence-electron chi connectivity index (χ4n) is 2.65. The molecule has 0 saturated carbocycles. The predicted octanol–water partition coefficient (Wildman–Crippen LogP) is 1.95. The maximum absolute atomic E-state index is 12.0. The Morgan fingerprint density at radius 3 is 2.85 bits per heavy atom. The lowest BCUT2D eigenvalue weighted by Gasteiger charge is -2.05. The zero-order valence-corrected chi connectivity index (χ0v) is 15.1. The van der Waals surface area contributed by atoms with Gasteiger partial charge in [0.2, 0.25) is 5.91 Å². The third kappa shape index (κ3) is 3.18. The monoisotopic (exact) mass is 368 g/mol. The molecule has 1 N–H and O–H groups in total. The molecular weight excluding hydrogens is 352 g/mol. The van der Waals surface area contributed by atoms with E-state index in [2.05, 4.69) is 30.7 Å². The Morgan fingerprint density at radius 1 is 1.23 bits per heavy atom. The van der Waals surface area contributed by atoms with Gasteiger partial charge in [-0.15, -0.1) is 26.6 Å². The summed E-state index contributed by atoms with van der Waals surface area (Å²) in [6, 6.07) is 5.68. The van der Waals surface area contributed by atoms with E-state index in [0.29, 0.717) is 28.8 Å². The first-order valence-corrected chi connectivity index (χ1v) is 8.92. The number of hydrogen-bond acceptors (Lipinski definition) is 7. The largest absolute Gasteiger partial charge is 0.302 e. The molecule has 0 aliphatic rings. The van der Waals surface area contributed by atoms with Crippen LogP contribution in [0.1, 0.15) is 23.6 Å². The van der Waals surface area contributed by atoms with Crippen LogP contribution in [0, 0.1) is 13.8 Å². The van der Waals surface area contributed by atoms with Crippen molar-refractivity contribution in [1.29, 1.82) is 0 Å². The minimum Gasteiger partial charge on any atom is -0.302 e. The van der Waals surface area contributed by atoms with Crippen LogP contribution < -0.4 is 5.32 Å². The molecule has 4 aromatic rings. The van der Waals surface area contributed by atoms with Crippen LogP contribution in [0.5, 0.6) is 0 Å². The first-order chi connectivity index (χ1) is 12.6. The molecule has 1 amide bonds. The highest BCUT2D eigenvalue weighted by Gasteiger charge is 2.13. The van der Waals surface area contributed by atoms with Crippen molar-refractivity contribution in [3.63, 3.8) is 0 Å². The first-order valence-electron chi connectivity index (χ1n) is 8.04. The number of amides is 1. The Bertz CT molecular complexity index is 1070. The van der Waals surface area contributed by atoms with Gasteiger partial charge in [0.1, 0.15) is 0 Å². The van der Waals surface area contributed by atoms with Crippen LogP contribution >= 0.6 is 11.3 Å². The number of fused-ring (bicyclic) bond motifs is 1. The number of nitrogens with zero attached hydrogens (tertiary/aromatic N) is 7. The van der Waals surface area contributed by atoms with Gasteiger partial charge in [0.25, 0.3) is 0 Å². The lowest BCUT2D eigenvalue weighted by Crippen LogP contribution is -2.13. The second-order valence-electron chi connectivity index (χ2n) is 5.80. The maximum atomic E-state index is 12.0. The lowest BCUT2D eigenvalue weighted by atomic mass is 10.3. The van der Waals surface area contributed by atoms with E-state index in [9.17, 15) is 4.79 Å². The number of carbonyl (C=O) groups excluding carboxylic acids is 1. The van der Waals surface area contributed by atoms with Crippen LogP contribution in [0.3, 0.4) is 0 Å². The van der Waals surface area contributed by atoms with Gasteiger partial charge in [-0.3, -0.25) is 4.79 Å². The summed E-state index contributed by atoms with van der Waals surface area (Å²) >= 11 is 1.38. The highest BCUT2D eigenvalue weighted by Crippen LogP contribution is 2.13. The minimum absolute atomic E-state index is 0.119. The summed E-state index contributed by atoms with van der Waals surface area (Å²) in [7, 11) is 0. The molecule has 132 valence electrons. The smallest absolute Gasteiger partial charge is 0.226 e. The predicted molar refractivity (Wildman–Crippen MR) is 96.4 cm³/mol. The van der Waals surface area contributed by atoms with Gasteiger partial charge < -0.3 is 5.32 Å². The molecule has 9 nitrogen and oxygen atoms in total. The first kappa shape index (κ1) is 16.3. The molecule has 0 fully saturated rings. The lowest BCUT2D eigenvalue weighted by molar-refractivity contribution is -0.116. The van der Waals surface area contributed by atoms with Gasteiger partial charge in [-0.05, 0) is 32.0 Å². The average molecular weight is 368 g/mol. The Kier molecular flexibility index (Phi) is 4.17. The van der Waals surface area contributed by atoms with Gasteiger partial charge in [0, 0.05) is 30.1 Å². The summed E-state index contributed by atoms with van der Waals surface area (Å²) in [4.78, 5) is 16.1. The molecule has 0 atom stereocenters. The van der Waals surface area contributed by atoms with Crippen molar-refractivity contribution in [1.82, 2.24) is 34.6 Å². The fourth-order valence-corrected chi connectivity index (χ4v) is 3.19. The molecule has 4 heterocycles. The van der Waals surface area contributed by atoms with Crippen LogP contribution in [0.2, 0.25) is 0 Å². The zero-order chi connectivity index (χ0) is 18.1. The summed E-state index contributed by atoms with van der Waals surface area (Å²) < 4.78 is 3.43. The Hall–Kier alpha value is -3.14. The van der Waals surface area contributed by atoms with Gasteiger partial charge in [-0.1, -0.05) is 0 Å². The van der Waals surface area contributed by atoms with E-state index in [1.165, 1.54) is 11.3 Å². The van der Waals surface area contributed by atoms with E-state index >= 15 is 0 Å². The molecule has 26 heavy (non-hydrogen) atoms. The quantitative estimate of drug-likeness (QED) is 0.578. The third-order valence-corrected chi connectivity index (χ3v) is 4.48. The number of rotatable bonds is 5. The van der Waals surface area contributed by atoms with Gasteiger partial charge in [-0.25, -0.2) is 9.67 Å². The van der Waals surface area contributed by atoms with Crippen molar-refractivity contribution in [3.05, 3.63) is 47.0 Å². The highest BCUT2D eigenvalue weighted by molar-refractivity contribution is 7.13. The molecule has 0 saturated heterocycles. The number of anilines is 1.